The van der Waals surface area contributed by atoms with Crippen LogP contribution in [0.15, 0.2) is 23.6 Å². The number of hydrogen-bond acceptors (Lipinski definition) is 3. The minimum Gasteiger partial charge on any atom is -0.488 e. The largest absolute Gasteiger partial charge is 0.488 e. The van der Waals surface area contributed by atoms with E-state index in [0.29, 0.717) is 6.61 Å². The summed E-state index contributed by atoms with van der Waals surface area (Å²) >= 11 is 1.46. The highest BCUT2D eigenvalue weighted by Crippen LogP contribution is 2.26. The van der Waals surface area contributed by atoms with Gasteiger partial charge in [-0.1, -0.05) is 24.6 Å². The van der Waals surface area contributed by atoms with Crippen molar-refractivity contribution in [2.24, 2.45) is 0 Å². The van der Waals surface area contributed by atoms with Crippen LogP contribution >= 0.6 is 11.3 Å². The number of aryl methyl sites for hydroxylation is 3. The average Bonchev–Trinajstić information content (AvgIpc) is 2.95. The Labute approximate surface area is 142 Å². The van der Waals surface area contributed by atoms with Crippen LogP contribution < -0.4 is 10.1 Å². The van der Waals surface area contributed by atoms with Crippen molar-refractivity contribution in [1.82, 2.24) is 5.32 Å². The van der Waals surface area contributed by atoms with Crippen LogP contribution in [0.25, 0.3) is 0 Å². The van der Waals surface area contributed by atoms with Gasteiger partial charge >= 0.3 is 0 Å². The van der Waals surface area contributed by atoms with Crippen LogP contribution in [0.4, 0.5) is 0 Å². The lowest BCUT2D eigenvalue weighted by Crippen LogP contribution is -2.31. The fourth-order valence-electron chi connectivity index (χ4n) is 2.52. The van der Waals surface area contributed by atoms with Crippen molar-refractivity contribution in [1.29, 1.82) is 0 Å². The number of rotatable bonds is 6. The third-order valence-corrected chi connectivity index (χ3v) is 4.83. The summed E-state index contributed by atoms with van der Waals surface area (Å²) in [5.41, 5.74) is 4.57. The molecule has 0 aliphatic carbocycles. The number of ether oxygens (including phenoxy) is 1. The van der Waals surface area contributed by atoms with E-state index in [2.05, 4.69) is 45.1 Å². The topological polar surface area (TPSA) is 38.3 Å². The van der Waals surface area contributed by atoms with E-state index in [-0.39, 0.29) is 11.9 Å². The van der Waals surface area contributed by atoms with E-state index in [4.69, 9.17) is 4.74 Å². The summed E-state index contributed by atoms with van der Waals surface area (Å²) in [5.74, 6) is 0.936. The second-order valence-electron chi connectivity index (χ2n) is 6.12. The predicted octanol–water partition coefficient (Wildman–Crippen LogP) is 4.78. The van der Waals surface area contributed by atoms with Gasteiger partial charge in [0.25, 0.3) is 5.91 Å². The van der Waals surface area contributed by atoms with E-state index in [1.807, 2.05) is 18.4 Å². The second kappa shape index (κ2) is 7.64. The Morgan fingerprint density at radius 1 is 1.22 bits per heavy atom. The molecule has 0 spiro atoms. The summed E-state index contributed by atoms with van der Waals surface area (Å²) in [5, 5.41) is 4.98. The molecular weight excluding hydrogens is 306 g/mol. The molecule has 0 bridgehead atoms. The van der Waals surface area contributed by atoms with Crippen molar-refractivity contribution in [3.05, 3.63) is 50.7 Å². The monoisotopic (exact) mass is 331 g/mol. The molecule has 0 aliphatic heterocycles. The van der Waals surface area contributed by atoms with Gasteiger partial charge < -0.3 is 10.1 Å². The number of amides is 1. The highest BCUT2D eigenvalue weighted by atomic mass is 32.1. The fourth-order valence-corrected chi connectivity index (χ4v) is 3.32. The number of thiophene rings is 1. The summed E-state index contributed by atoms with van der Waals surface area (Å²) in [6.07, 6.45) is 0.930. The third kappa shape index (κ3) is 4.58. The van der Waals surface area contributed by atoms with Crippen LogP contribution in [-0.2, 0) is 6.61 Å². The van der Waals surface area contributed by atoms with Crippen molar-refractivity contribution in [3.63, 3.8) is 0 Å². The van der Waals surface area contributed by atoms with Gasteiger partial charge in [0.15, 0.2) is 0 Å². The first-order valence-corrected chi connectivity index (χ1v) is 8.87. The van der Waals surface area contributed by atoms with Gasteiger partial charge in [-0.25, -0.2) is 0 Å². The Kier molecular flexibility index (Phi) is 5.83. The summed E-state index contributed by atoms with van der Waals surface area (Å²) in [6, 6.07) is 6.37. The first-order chi connectivity index (χ1) is 10.9. The maximum absolute atomic E-state index is 12.1. The fraction of sp³-hybridized carbons (Fsp3) is 0.421. The molecule has 0 saturated heterocycles. The first-order valence-electron chi connectivity index (χ1n) is 7.99. The highest BCUT2D eigenvalue weighted by Gasteiger charge is 2.12. The van der Waals surface area contributed by atoms with Crippen molar-refractivity contribution >= 4 is 17.2 Å². The predicted molar refractivity (Wildman–Crippen MR) is 96.5 cm³/mol. The molecule has 1 amide bonds. The molecular formula is C19H25NO2S. The van der Waals surface area contributed by atoms with Crippen LogP contribution in [0.3, 0.4) is 0 Å². The normalized spacial score (nSPS) is 12.0. The molecule has 1 N–H and O–H groups in total. The minimum absolute atomic E-state index is 0.00158. The highest BCUT2D eigenvalue weighted by molar-refractivity contribution is 7.12. The van der Waals surface area contributed by atoms with Crippen LogP contribution in [0, 0.1) is 20.8 Å². The molecule has 0 saturated carbocycles. The Morgan fingerprint density at radius 2 is 1.87 bits per heavy atom. The van der Waals surface area contributed by atoms with Crippen molar-refractivity contribution in [2.45, 2.75) is 53.7 Å². The summed E-state index contributed by atoms with van der Waals surface area (Å²) < 4.78 is 5.98. The van der Waals surface area contributed by atoms with Gasteiger partial charge in [0.2, 0.25) is 0 Å². The van der Waals surface area contributed by atoms with E-state index in [9.17, 15) is 4.79 Å². The number of hydrogen-bond donors (Lipinski definition) is 1. The van der Waals surface area contributed by atoms with Gasteiger partial charge in [-0.05, 0) is 56.7 Å². The van der Waals surface area contributed by atoms with E-state index < -0.39 is 0 Å². The second-order valence-corrected chi connectivity index (χ2v) is 7.03. The number of nitrogens with one attached hydrogen (secondary N) is 1. The molecule has 1 aromatic carbocycles. The number of carbonyl (C=O) groups excluding carboxylic acids is 1. The number of carbonyl (C=O) groups is 1. The summed E-state index contributed by atoms with van der Waals surface area (Å²) in [7, 11) is 0. The van der Waals surface area contributed by atoms with E-state index in [0.717, 1.165) is 33.7 Å². The van der Waals surface area contributed by atoms with E-state index in [1.165, 1.54) is 16.9 Å². The first kappa shape index (κ1) is 17.5. The van der Waals surface area contributed by atoms with Crippen LogP contribution in [0.1, 0.15) is 52.2 Å². The standard InChI is InChI=1S/C19H25NO2S/c1-6-15(5)20-19(21)17-9-16(11-23-17)10-22-18-13(3)7-12(2)8-14(18)4/h7-9,11,15H,6,10H2,1-5H3,(H,20,21). The Bertz CT molecular complexity index is 667. The van der Waals surface area contributed by atoms with Gasteiger partial charge in [0.05, 0.1) is 4.88 Å². The van der Waals surface area contributed by atoms with Gasteiger partial charge in [0, 0.05) is 11.6 Å². The zero-order valence-electron chi connectivity index (χ0n) is 14.5. The minimum atomic E-state index is -0.00158. The smallest absolute Gasteiger partial charge is 0.261 e. The molecule has 124 valence electrons. The lowest BCUT2D eigenvalue weighted by atomic mass is 10.1. The van der Waals surface area contributed by atoms with Crippen LogP contribution in [0.5, 0.6) is 5.75 Å². The van der Waals surface area contributed by atoms with E-state index in [1.54, 1.807) is 0 Å². The van der Waals surface area contributed by atoms with Crippen LogP contribution in [-0.4, -0.2) is 11.9 Å². The zero-order valence-corrected chi connectivity index (χ0v) is 15.3. The van der Waals surface area contributed by atoms with E-state index >= 15 is 0 Å². The SMILES string of the molecule is CCC(C)NC(=O)c1cc(COc2c(C)cc(C)cc2C)cs1. The van der Waals surface area contributed by atoms with Gasteiger partial charge in [-0.2, -0.15) is 0 Å². The molecule has 2 aromatic rings. The lowest BCUT2D eigenvalue weighted by Gasteiger charge is -2.12. The van der Waals surface area contributed by atoms with Gasteiger partial charge in [-0.15, -0.1) is 11.3 Å². The average molecular weight is 331 g/mol. The molecule has 1 heterocycles. The Balaban J connectivity index is 2.02. The molecule has 1 atom stereocenters. The molecule has 0 radical (unpaired) electrons. The Morgan fingerprint density at radius 3 is 2.48 bits per heavy atom. The zero-order chi connectivity index (χ0) is 17.0. The van der Waals surface area contributed by atoms with Crippen molar-refractivity contribution < 1.29 is 9.53 Å². The number of benzene rings is 1. The maximum Gasteiger partial charge on any atom is 0.261 e. The molecule has 2 rings (SSSR count). The van der Waals surface area contributed by atoms with Gasteiger partial charge in [0.1, 0.15) is 12.4 Å². The lowest BCUT2D eigenvalue weighted by molar-refractivity contribution is 0.0943. The maximum atomic E-state index is 12.1. The van der Waals surface area contributed by atoms with Crippen molar-refractivity contribution in [2.75, 3.05) is 0 Å². The molecule has 1 aromatic heterocycles. The molecule has 0 aliphatic rings. The van der Waals surface area contributed by atoms with Gasteiger partial charge in [-0.3, -0.25) is 4.79 Å². The summed E-state index contributed by atoms with van der Waals surface area (Å²) in [6.45, 7) is 10.8. The Hall–Kier alpha value is -1.81. The molecule has 23 heavy (non-hydrogen) atoms. The molecule has 3 nitrogen and oxygen atoms in total. The molecule has 4 heteroatoms. The van der Waals surface area contributed by atoms with Crippen molar-refractivity contribution in [3.8, 4) is 5.75 Å². The molecule has 1 unspecified atom stereocenters. The third-order valence-electron chi connectivity index (χ3n) is 3.86. The molecule has 0 fully saturated rings. The van der Waals surface area contributed by atoms with Crippen LogP contribution in [0.2, 0.25) is 0 Å². The summed E-state index contributed by atoms with van der Waals surface area (Å²) in [4.78, 5) is 12.8. The quantitative estimate of drug-likeness (QED) is 0.827.